The highest BCUT2D eigenvalue weighted by Gasteiger charge is 2.08. The van der Waals surface area contributed by atoms with E-state index in [2.05, 4.69) is 18.3 Å². The van der Waals surface area contributed by atoms with Gasteiger partial charge < -0.3 is 15.2 Å². The van der Waals surface area contributed by atoms with Crippen molar-refractivity contribution < 1.29 is 9.84 Å². The van der Waals surface area contributed by atoms with Crippen LogP contribution in [-0.2, 0) is 6.42 Å². The second-order valence-corrected chi connectivity index (χ2v) is 4.39. The minimum absolute atomic E-state index is 0.255. The molecule has 0 aliphatic rings. The summed E-state index contributed by atoms with van der Waals surface area (Å²) in [5.74, 6) is 0.928. The first-order valence-electron chi connectivity index (χ1n) is 6.20. The lowest BCUT2D eigenvalue weighted by Crippen LogP contribution is -2.34. The third kappa shape index (κ3) is 4.75. The molecule has 0 heterocycles. The quantitative estimate of drug-likeness (QED) is 0.762. The smallest absolute Gasteiger partial charge is 0.122 e. The molecular weight excluding hydrogens is 214 g/mol. The molecule has 2 atom stereocenters. The summed E-state index contributed by atoms with van der Waals surface area (Å²) in [6.07, 6.45) is 1.43. The molecule has 96 valence electrons. The Balaban J connectivity index is 2.47. The van der Waals surface area contributed by atoms with E-state index in [9.17, 15) is 5.11 Å². The third-order valence-corrected chi connectivity index (χ3v) is 2.89. The minimum Gasteiger partial charge on any atom is -0.496 e. The molecule has 2 unspecified atom stereocenters. The summed E-state index contributed by atoms with van der Waals surface area (Å²) in [6.45, 7) is 4.75. The zero-order chi connectivity index (χ0) is 12.7. The monoisotopic (exact) mass is 237 g/mol. The number of rotatable bonds is 7. The fourth-order valence-electron chi connectivity index (χ4n) is 1.76. The fourth-order valence-corrected chi connectivity index (χ4v) is 1.76. The van der Waals surface area contributed by atoms with Crippen molar-refractivity contribution in [2.45, 2.75) is 38.8 Å². The lowest BCUT2D eigenvalue weighted by molar-refractivity contribution is 0.163. The maximum atomic E-state index is 9.49. The highest BCUT2D eigenvalue weighted by molar-refractivity contribution is 5.33. The first kappa shape index (κ1) is 14.0. The van der Waals surface area contributed by atoms with Gasteiger partial charge in [0.05, 0.1) is 13.2 Å². The van der Waals surface area contributed by atoms with Crippen LogP contribution >= 0.6 is 0 Å². The first-order chi connectivity index (χ1) is 8.17. The highest BCUT2D eigenvalue weighted by Crippen LogP contribution is 2.18. The zero-order valence-electron chi connectivity index (χ0n) is 10.9. The largest absolute Gasteiger partial charge is 0.496 e. The number of nitrogens with one attached hydrogen (secondary N) is 1. The van der Waals surface area contributed by atoms with Crippen LogP contribution in [0.4, 0.5) is 0 Å². The second-order valence-electron chi connectivity index (χ2n) is 4.39. The van der Waals surface area contributed by atoms with Crippen molar-refractivity contribution >= 4 is 0 Å². The first-order valence-corrected chi connectivity index (χ1v) is 6.20. The Morgan fingerprint density at radius 1 is 1.35 bits per heavy atom. The second kappa shape index (κ2) is 7.30. The van der Waals surface area contributed by atoms with Crippen molar-refractivity contribution in [2.75, 3.05) is 13.7 Å². The number of ether oxygens (including phenoxy) is 1. The average molecular weight is 237 g/mol. The topological polar surface area (TPSA) is 41.5 Å². The van der Waals surface area contributed by atoms with Gasteiger partial charge in [-0.3, -0.25) is 0 Å². The van der Waals surface area contributed by atoms with E-state index in [0.717, 1.165) is 18.6 Å². The Hall–Kier alpha value is -1.06. The molecule has 0 saturated heterocycles. The van der Waals surface area contributed by atoms with E-state index >= 15 is 0 Å². The predicted octanol–water partition coefficient (Wildman–Crippen LogP) is 1.99. The molecule has 0 amide bonds. The molecule has 1 rings (SSSR count). The molecule has 0 aliphatic heterocycles. The number of aliphatic hydroxyl groups is 1. The molecule has 3 nitrogen and oxygen atoms in total. The molecule has 0 fully saturated rings. The highest BCUT2D eigenvalue weighted by atomic mass is 16.5. The van der Waals surface area contributed by atoms with Gasteiger partial charge in [-0.2, -0.15) is 0 Å². The van der Waals surface area contributed by atoms with Crippen LogP contribution in [0.2, 0.25) is 0 Å². The van der Waals surface area contributed by atoms with Crippen LogP contribution < -0.4 is 10.1 Å². The number of benzene rings is 1. The van der Waals surface area contributed by atoms with Crippen LogP contribution in [0.3, 0.4) is 0 Å². The van der Waals surface area contributed by atoms with Crippen LogP contribution in [0.15, 0.2) is 24.3 Å². The van der Waals surface area contributed by atoms with E-state index in [-0.39, 0.29) is 6.10 Å². The summed E-state index contributed by atoms with van der Waals surface area (Å²) in [7, 11) is 1.69. The van der Waals surface area contributed by atoms with Crippen LogP contribution in [-0.4, -0.2) is 30.9 Å². The van der Waals surface area contributed by atoms with Gasteiger partial charge in [-0.1, -0.05) is 25.1 Å². The zero-order valence-corrected chi connectivity index (χ0v) is 10.9. The molecule has 0 radical (unpaired) electrons. The Morgan fingerprint density at radius 3 is 2.71 bits per heavy atom. The van der Waals surface area contributed by atoms with Gasteiger partial charge in [0.2, 0.25) is 0 Å². The maximum absolute atomic E-state index is 9.49. The van der Waals surface area contributed by atoms with Gasteiger partial charge in [0, 0.05) is 12.6 Å². The molecule has 1 aromatic carbocycles. The summed E-state index contributed by atoms with van der Waals surface area (Å²) in [5, 5.41) is 12.8. The van der Waals surface area contributed by atoms with E-state index in [4.69, 9.17) is 4.74 Å². The van der Waals surface area contributed by atoms with Crippen LogP contribution in [0.1, 0.15) is 25.8 Å². The minimum atomic E-state index is -0.255. The number of hydrogen-bond acceptors (Lipinski definition) is 3. The van der Waals surface area contributed by atoms with Crippen molar-refractivity contribution in [3.63, 3.8) is 0 Å². The molecule has 0 saturated carbocycles. The molecule has 0 aliphatic carbocycles. The van der Waals surface area contributed by atoms with Crippen LogP contribution in [0, 0.1) is 0 Å². The number of aliphatic hydroxyl groups excluding tert-OH is 1. The van der Waals surface area contributed by atoms with E-state index in [1.807, 2.05) is 25.1 Å². The standard InChI is InChI=1S/C14H23NO2/c1-4-13(16)10-15-11(2)9-12-7-5-6-8-14(12)17-3/h5-8,11,13,15-16H,4,9-10H2,1-3H3. The van der Waals surface area contributed by atoms with Gasteiger partial charge in [0.1, 0.15) is 5.75 Å². The van der Waals surface area contributed by atoms with Gasteiger partial charge in [-0.25, -0.2) is 0 Å². The number of hydrogen-bond donors (Lipinski definition) is 2. The van der Waals surface area contributed by atoms with Crippen molar-refractivity contribution in [3.05, 3.63) is 29.8 Å². The summed E-state index contributed by atoms with van der Waals surface area (Å²) in [4.78, 5) is 0. The molecule has 1 aromatic rings. The summed E-state index contributed by atoms with van der Waals surface area (Å²) in [5.41, 5.74) is 1.20. The van der Waals surface area contributed by atoms with E-state index in [0.29, 0.717) is 12.6 Å². The maximum Gasteiger partial charge on any atom is 0.122 e. The van der Waals surface area contributed by atoms with Crippen LogP contribution in [0.25, 0.3) is 0 Å². The predicted molar refractivity (Wildman–Crippen MR) is 70.5 cm³/mol. The summed E-state index contributed by atoms with van der Waals surface area (Å²) in [6, 6.07) is 8.37. The molecule has 17 heavy (non-hydrogen) atoms. The molecule has 2 N–H and O–H groups in total. The Labute approximate surface area is 104 Å². The van der Waals surface area contributed by atoms with E-state index in [1.54, 1.807) is 7.11 Å². The lowest BCUT2D eigenvalue weighted by atomic mass is 10.1. The number of para-hydroxylation sites is 1. The number of methoxy groups -OCH3 is 1. The Kier molecular flexibility index (Phi) is 6.01. The summed E-state index contributed by atoms with van der Waals surface area (Å²) >= 11 is 0. The van der Waals surface area contributed by atoms with Gasteiger partial charge in [-0.15, -0.1) is 0 Å². The Morgan fingerprint density at radius 2 is 2.06 bits per heavy atom. The third-order valence-electron chi connectivity index (χ3n) is 2.89. The van der Waals surface area contributed by atoms with Crippen molar-refractivity contribution in [2.24, 2.45) is 0 Å². The van der Waals surface area contributed by atoms with E-state index in [1.165, 1.54) is 5.56 Å². The lowest BCUT2D eigenvalue weighted by Gasteiger charge is -2.17. The molecule has 0 aromatic heterocycles. The van der Waals surface area contributed by atoms with Gasteiger partial charge in [0.15, 0.2) is 0 Å². The van der Waals surface area contributed by atoms with Gasteiger partial charge in [0.25, 0.3) is 0 Å². The molecule has 3 heteroatoms. The normalized spacial score (nSPS) is 14.4. The van der Waals surface area contributed by atoms with Gasteiger partial charge in [-0.05, 0) is 31.4 Å². The van der Waals surface area contributed by atoms with Gasteiger partial charge >= 0.3 is 0 Å². The molecule has 0 spiro atoms. The SMILES string of the molecule is CCC(O)CNC(C)Cc1ccccc1OC. The van der Waals surface area contributed by atoms with Crippen molar-refractivity contribution in [1.29, 1.82) is 0 Å². The van der Waals surface area contributed by atoms with Crippen LogP contribution in [0.5, 0.6) is 5.75 Å². The Bertz CT molecular complexity index is 328. The average Bonchev–Trinajstić information content (AvgIpc) is 2.36. The summed E-state index contributed by atoms with van der Waals surface area (Å²) < 4.78 is 5.32. The fraction of sp³-hybridized carbons (Fsp3) is 0.571. The van der Waals surface area contributed by atoms with E-state index < -0.39 is 0 Å². The molecular formula is C14H23NO2. The van der Waals surface area contributed by atoms with Crippen molar-refractivity contribution in [3.8, 4) is 5.75 Å². The molecule has 0 bridgehead atoms. The van der Waals surface area contributed by atoms with Crippen molar-refractivity contribution in [1.82, 2.24) is 5.32 Å².